The minimum absolute atomic E-state index is 0.00904. The van der Waals surface area contributed by atoms with Crippen LogP contribution in [0.25, 0.3) is 0 Å². The van der Waals surface area contributed by atoms with Crippen LogP contribution in [0.3, 0.4) is 0 Å². The summed E-state index contributed by atoms with van der Waals surface area (Å²) in [6.45, 7) is 20.9. The van der Waals surface area contributed by atoms with Gasteiger partial charge in [-0.25, -0.2) is 4.79 Å². The van der Waals surface area contributed by atoms with Gasteiger partial charge in [0.25, 0.3) is 0 Å². The Hall–Kier alpha value is -1.93. The van der Waals surface area contributed by atoms with Gasteiger partial charge in [0.15, 0.2) is 0 Å². The van der Waals surface area contributed by atoms with Crippen molar-refractivity contribution in [3.05, 3.63) is 12.2 Å². The fraction of sp³-hybridized carbons (Fsp3) is 0.792. The lowest BCUT2D eigenvalue weighted by Gasteiger charge is -2.14. The third-order valence-corrected chi connectivity index (χ3v) is 3.32. The number of hydrogen-bond donors (Lipinski definition) is 3. The monoisotopic (exact) mass is 462 g/mol. The zero-order valence-electron chi connectivity index (χ0n) is 22.0. The van der Waals surface area contributed by atoms with Gasteiger partial charge in [0.05, 0.1) is 12.7 Å². The molecule has 8 heteroatoms. The first-order valence-corrected chi connectivity index (χ1v) is 11.5. The van der Waals surface area contributed by atoms with Crippen molar-refractivity contribution in [1.82, 2.24) is 10.6 Å². The van der Waals surface area contributed by atoms with Crippen LogP contribution in [0.1, 0.15) is 87.5 Å². The molecule has 0 aromatic carbocycles. The average Bonchev–Trinajstić information content (AvgIpc) is 2.74. The van der Waals surface area contributed by atoms with Gasteiger partial charge in [0.2, 0.25) is 11.8 Å². The van der Waals surface area contributed by atoms with Crippen LogP contribution >= 0.6 is 0 Å². The van der Waals surface area contributed by atoms with Crippen molar-refractivity contribution >= 4 is 17.8 Å². The number of methoxy groups -OCH3 is 1. The molecule has 2 amide bonds. The van der Waals surface area contributed by atoms with E-state index in [1.54, 1.807) is 7.11 Å². The second-order valence-electron chi connectivity index (χ2n) is 7.24. The second-order valence-corrected chi connectivity index (χ2v) is 7.24. The highest BCUT2D eigenvalue weighted by Crippen LogP contribution is 2.00. The van der Waals surface area contributed by atoms with E-state index in [4.69, 9.17) is 9.84 Å². The first kappa shape index (κ1) is 37.4. The average molecular weight is 463 g/mol. The van der Waals surface area contributed by atoms with Crippen LogP contribution in [0.5, 0.6) is 0 Å². The van der Waals surface area contributed by atoms with E-state index in [0.29, 0.717) is 13.2 Å². The molecule has 1 unspecified atom stereocenters. The van der Waals surface area contributed by atoms with Crippen molar-refractivity contribution in [1.29, 1.82) is 0 Å². The molecule has 8 nitrogen and oxygen atoms in total. The molecular formula is C24H50N2O6. The maximum Gasteiger partial charge on any atom is 0.326 e. The Morgan fingerprint density at radius 1 is 1.03 bits per heavy atom. The number of aliphatic carboxylic acids is 1. The Kier molecular flexibility index (Phi) is 34.0. The summed E-state index contributed by atoms with van der Waals surface area (Å²) in [5.74, 6) is -1.99. The Bertz CT molecular complexity index is 459. The van der Waals surface area contributed by atoms with Crippen molar-refractivity contribution in [2.45, 2.75) is 99.6 Å². The molecule has 192 valence electrons. The molecular weight excluding hydrogens is 412 g/mol. The molecule has 0 aromatic heterocycles. The highest BCUT2D eigenvalue weighted by atomic mass is 16.5. The van der Waals surface area contributed by atoms with Crippen molar-refractivity contribution in [3.63, 3.8) is 0 Å². The summed E-state index contributed by atoms with van der Waals surface area (Å²) in [6, 6.07) is -1.10. The van der Waals surface area contributed by atoms with Crippen LogP contribution in [0.2, 0.25) is 0 Å². The Labute approximate surface area is 196 Å². The van der Waals surface area contributed by atoms with Gasteiger partial charge in [-0.05, 0) is 34.1 Å². The van der Waals surface area contributed by atoms with Gasteiger partial charge in [-0.3, -0.25) is 9.59 Å². The first-order valence-electron chi connectivity index (χ1n) is 11.5. The fourth-order valence-electron chi connectivity index (χ4n) is 1.39. The zero-order valence-corrected chi connectivity index (χ0v) is 22.0. The van der Waals surface area contributed by atoms with E-state index >= 15 is 0 Å². The summed E-state index contributed by atoms with van der Waals surface area (Å²) in [5, 5.41) is 13.9. The summed E-state index contributed by atoms with van der Waals surface area (Å²) < 4.78 is 9.80. The van der Waals surface area contributed by atoms with Gasteiger partial charge in [-0.2, -0.15) is 0 Å². The Morgan fingerprint density at radius 2 is 1.50 bits per heavy atom. The predicted octanol–water partition coefficient (Wildman–Crippen LogP) is 4.33. The zero-order chi connectivity index (χ0) is 25.9. The molecule has 0 radical (unpaired) electrons. The van der Waals surface area contributed by atoms with Crippen LogP contribution in [0.15, 0.2) is 12.2 Å². The summed E-state index contributed by atoms with van der Waals surface area (Å²) in [4.78, 5) is 33.9. The molecule has 0 spiro atoms. The molecule has 0 aromatic rings. The molecule has 0 aliphatic carbocycles. The smallest absolute Gasteiger partial charge is 0.326 e. The number of ether oxygens (including phenoxy) is 2. The van der Waals surface area contributed by atoms with Gasteiger partial charge in [-0.1, -0.05) is 53.5 Å². The van der Waals surface area contributed by atoms with Crippen LogP contribution in [0.4, 0.5) is 0 Å². The van der Waals surface area contributed by atoms with Gasteiger partial charge in [0.1, 0.15) is 6.04 Å². The SMILES string of the molecule is C=C(C)C(=O)NC(CCC(=O)NCCOC(C)C)C(=O)O.CCC.CCCC.CCOC. The van der Waals surface area contributed by atoms with Gasteiger partial charge in [0, 0.05) is 32.3 Å². The third kappa shape index (κ3) is 35.5. The van der Waals surface area contributed by atoms with Gasteiger partial charge >= 0.3 is 5.97 Å². The minimum atomic E-state index is -1.18. The standard InChI is InChI=1S/C14H24N2O5.C4H10.C3H8O.C3H8/c1-9(2)13(18)16-11(14(19)20)5-6-12(17)15-7-8-21-10(3)4;2*1-3-4-2;1-3-2/h10-11H,1,5-8H2,2-4H3,(H,15,17)(H,16,18)(H,19,20);3-4H2,1-2H3;3H2,1-2H3;3H2,1-2H3. The lowest BCUT2D eigenvalue weighted by atomic mass is 10.1. The number of hydrogen-bond acceptors (Lipinski definition) is 5. The number of carboxylic acid groups (broad SMARTS) is 1. The van der Waals surface area contributed by atoms with Gasteiger partial charge < -0.3 is 25.2 Å². The highest BCUT2D eigenvalue weighted by molar-refractivity contribution is 5.94. The number of nitrogens with one attached hydrogen (secondary N) is 2. The van der Waals surface area contributed by atoms with Crippen molar-refractivity contribution in [2.24, 2.45) is 0 Å². The first-order chi connectivity index (χ1) is 15.0. The molecule has 3 N–H and O–H groups in total. The normalized spacial score (nSPS) is 10.2. The van der Waals surface area contributed by atoms with Crippen molar-refractivity contribution in [3.8, 4) is 0 Å². The topological polar surface area (TPSA) is 114 Å². The van der Waals surface area contributed by atoms with E-state index in [1.165, 1.54) is 26.2 Å². The summed E-state index contributed by atoms with van der Waals surface area (Å²) in [6.07, 6.45) is 4.01. The number of unbranched alkanes of at least 4 members (excludes halogenated alkanes) is 1. The van der Waals surface area contributed by atoms with E-state index in [2.05, 4.69) is 49.6 Å². The molecule has 0 aliphatic heterocycles. The number of carbonyl (C=O) groups is 3. The Balaban J connectivity index is -0.000000294. The highest BCUT2D eigenvalue weighted by Gasteiger charge is 2.21. The lowest BCUT2D eigenvalue weighted by molar-refractivity contribution is -0.141. The van der Waals surface area contributed by atoms with E-state index < -0.39 is 17.9 Å². The van der Waals surface area contributed by atoms with Crippen LogP contribution in [0, 0.1) is 0 Å². The molecule has 0 bridgehead atoms. The largest absolute Gasteiger partial charge is 0.480 e. The number of amides is 2. The molecule has 32 heavy (non-hydrogen) atoms. The number of carbonyl (C=O) groups excluding carboxylic acids is 2. The second kappa shape index (κ2) is 29.1. The fourth-order valence-corrected chi connectivity index (χ4v) is 1.39. The predicted molar refractivity (Wildman–Crippen MR) is 132 cm³/mol. The van der Waals surface area contributed by atoms with E-state index in [1.807, 2.05) is 20.8 Å². The molecule has 0 rings (SSSR count). The molecule has 0 saturated carbocycles. The van der Waals surface area contributed by atoms with E-state index in [9.17, 15) is 14.4 Å². The van der Waals surface area contributed by atoms with Crippen molar-refractivity contribution in [2.75, 3.05) is 26.9 Å². The van der Waals surface area contributed by atoms with Crippen molar-refractivity contribution < 1.29 is 29.0 Å². The maximum absolute atomic E-state index is 11.5. The summed E-state index contributed by atoms with van der Waals surface area (Å²) in [5.41, 5.74) is 0.219. The van der Waals surface area contributed by atoms with Crippen LogP contribution in [-0.2, 0) is 23.9 Å². The summed E-state index contributed by atoms with van der Waals surface area (Å²) >= 11 is 0. The molecule has 0 fully saturated rings. The number of rotatable bonds is 12. The van der Waals surface area contributed by atoms with Gasteiger partial charge in [-0.15, -0.1) is 0 Å². The van der Waals surface area contributed by atoms with E-state index in [0.717, 1.165) is 6.61 Å². The number of carboxylic acids is 1. The maximum atomic E-state index is 11.5. The lowest BCUT2D eigenvalue weighted by Crippen LogP contribution is -2.42. The van der Waals surface area contributed by atoms with Crippen LogP contribution < -0.4 is 10.6 Å². The quantitative estimate of drug-likeness (QED) is 0.294. The minimum Gasteiger partial charge on any atom is -0.480 e. The molecule has 1 atom stereocenters. The molecule has 0 saturated heterocycles. The molecule has 0 heterocycles. The third-order valence-electron chi connectivity index (χ3n) is 3.32. The molecule has 0 aliphatic rings. The van der Waals surface area contributed by atoms with Crippen LogP contribution in [-0.4, -0.2) is 61.9 Å². The Morgan fingerprint density at radius 3 is 1.81 bits per heavy atom. The van der Waals surface area contributed by atoms with E-state index in [-0.39, 0.29) is 30.4 Å². The summed E-state index contributed by atoms with van der Waals surface area (Å²) in [7, 11) is 1.68.